The summed E-state index contributed by atoms with van der Waals surface area (Å²) in [5.41, 5.74) is 14.8. The Morgan fingerprint density at radius 1 is 1.00 bits per heavy atom. The fourth-order valence-electron chi connectivity index (χ4n) is 2.00. The number of benzene rings is 2. The molecular formula is C18H24N4O. The number of nitrogens with one attached hydrogen (secondary N) is 2. The SMILES string of the molecule is CNC(=O)c1cccc(N/C(N)=C/C=C(\N)c2ccccc2)c1.[HH].[HH]. The van der Waals surface area contributed by atoms with Crippen molar-refractivity contribution in [2.75, 3.05) is 12.4 Å². The van der Waals surface area contributed by atoms with E-state index >= 15 is 0 Å². The molecule has 5 heteroatoms. The van der Waals surface area contributed by atoms with Gasteiger partial charge in [0.15, 0.2) is 0 Å². The number of carbonyl (C=O) groups excluding carboxylic acids is 1. The van der Waals surface area contributed by atoms with Crippen LogP contribution in [0.25, 0.3) is 5.70 Å². The summed E-state index contributed by atoms with van der Waals surface area (Å²) in [6.07, 6.45) is 3.43. The van der Waals surface area contributed by atoms with Gasteiger partial charge in [0.1, 0.15) is 5.82 Å². The van der Waals surface area contributed by atoms with Gasteiger partial charge in [-0.15, -0.1) is 0 Å². The molecule has 0 fully saturated rings. The van der Waals surface area contributed by atoms with Crippen LogP contribution < -0.4 is 22.1 Å². The number of hydrogen-bond donors (Lipinski definition) is 4. The molecule has 6 N–H and O–H groups in total. The number of carbonyl (C=O) groups is 1. The molecule has 2 rings (SSSR count). The zero-order chi connectivity index (χ0) is 16.7. The monoisotopic (exact) mass is 312 g/mol. The van der Waals surface area contributed by atoms with Crippen molar-refractivity contribution < 1.29 is 7.65 Å². The molecule has 0 aromatic heterocycles. The highest BCUT2D eigenvalue weighted by molar-refractivity contribution is 5.94. The molecule has 2 aromatic rings. The number of allylic oxidation sites excluding steroid dienone is 2. The van der Waals surface area contributed by atoms with Crippen LogP contribution in [0.1, 0.15) is 18.8 Å². The second kappa shape index (κ2) is 7.70. The van der Waals surface area contributed by atoms with Crippen LogP contribution in [0.2, 0.25) is 0 Å². The molecule has 0 saturated carbocycles. The van der Waals surface area contributed by atoms with E-state index in [1.807, 2.05) is 36.4 Å². The maximum Gasteiger partial charge on any atom is 0.251 e. The first-order valence-corrected chi connectivity index (χ1v) is 7.17. The predicted molar refractivity (Wildman–Crippen MR) is 98.6 cm³/mol. The van der Waals surface area contributed by atoms with Gasteiger partial charge in [-0.25, -0.2) is 0 Å². The molecule has 0 spiro atoms. The summed E-state index contributed by atoms with van der Waals surface area (Å²) in [6, 6.07) is 16.7. The number of hydrogen-bond acceptors (Lipinski definition) is 4. The quantitative estimate of drug-likeness (QED) is 0.639. The lowest BCUT2D eigenvalue weighted by Crippen LogP contribution is -2.18. The Morgan fingerprint density at radius 2 is 1.70 bits per heavy atom. The van der Waals surface area contributed by atoms with Gasteiger partial charge in [0, 0.05) is 26.8 Å². The Morgan fingerprint density at radius 3 is 2.39 bits per heavy atom. The minimum atomic E-state index is -0.149. The molecule has 122 valence electrons. The molecule has 0 aliphatic carbocycles. The fraction of sp³-hybridized carbons (Fsp3) is 0.0556. The Labute approximate surface area is 138 Å². The summed E-state index contributed by atoms with van der Waals surface area (Å²) in [6.45, 7) is 0. The molecule has 0 bridgehead atoms. The molecule has 1 amide bonds. The highest BCUT2D eigenvalue weighted by Crippen LogP contribution is 2.12. The van der Waals surface area contributed by atoms with Gasteiger partial charge in [0.05, 0.1) is 0 Å². The van der Waals surface area contributed by atoms with Crippen LogP contribution in [0, 0.1) is 0 Å². The third kappa shape index (κ3) is 4.64. The van der Waals surface area contributed by atoms with Crippen LogP contribution in [0.15, 0.2) is 72.6 Å². The molecule has 0 radical (unpaired) electrons. The van der Waals surface area contributed by atoms with E-state index in [1.54, 1.807) is 37.4 Å². The normalized spacial score (nSPS) is 11.9. The summed E-state index contributed by atoms with van der Waals surface area (Å²) in [7, 11) is 1.59. The first-order valence-electron chi connectivity index (χ1n) is 7.17. The van der Waals surface area contributed by atoms with E-state index in [9.17, 15) is 4.79 Å². The Balaban J connectivity index is 0.00000288. The molecule has 0 atom stereocenters. The van der Waals surface area contributed by atoms with Crippen molar-refractivity contribution in [2.24, 2.45) is 11.5 Å². The summed E-state index contributed by atoms with van der Waals surface area (Å²) in [4.78, 5) is 11.6. The second-order valence-electron chi connectivity index (χ2n) is 4.89. The van der Waals surface area contributed by atoms with Crippen LogP contribution in [0.4, 0.5) is 5.69 Å². The van der Waals surface area contributed by atoms with E-state index in [0.29, 0.717) is 17.1 Å². The summed E-state index contributed by atoms with van der Waals surface area (Å²) in [5.74, 6) is 0.280. The maximum atomic E-state index is 11.6. The van der Waals surface area contributed by atoms with Crippen molar-refractivity contribution in [3.63, 3.8) is 0 Å². The Bertz CT molecular complexity index is 746. The first kappa shape index (κ1) is 16.2. The van der Waals surface area contributed by atoms with Crippen molar-refractivity contribution in [1.82, 2.24) is 5.32 Å². The van der Waals surface area contributed by atoms with Crippen LogP contribution in [0.5, 0.6) is 0 Å². The van der Waals surface area contributed by atoms with Crippen LogP contribution >= 0.6 is 0 Å². The summed E-state index contributed by atoms with van der Waals surface area (Å²) < 4.78 is 0. The second-order valence-corrected chi connectivity index (χ2v) is 4.89. The van der Waals surface area contributed by atoms with Crippen LogP contribution in [-0.4, -0.2) is 13.0 Å². The van der Waals surface area contributed by atoms with E-state index in [1.165, 1.54) is 0 Å². The van der Waals surface area contributed by atoms with Gasteiger partial charge >= 0.3 is 0 Å². The lowest BCUT2D eigenvalue weighted by atomic mass is 10.1. The zero-order valence-electron chi connectivity index (χ0n) is 12.9. The largest absolute Gasteiger partial charge is 0.398 e. The standard InChI is InChI=1S/C18H20N4O.2H2/c1-21-18(23)14-8-5-9-15(12-14)22-17(20)11-10-16(19)13-6-3-2-4-7-13;;/h2-12,22H,19-20H2,1H3,(H,21,23);2*1H/b16-10-,17-11+;;. The highest BCUT2D eigenvalue weighted by Gasteiger charge is 2.03. The Hall–Kier alpha value is -3.21. The molecule has 0 heterocycles. The number of amides is 1. The van der Waals surface area contributed by atoms with Crippen molar-refractivity contribution >= 4 is 17.3 Å². The van der Waals surface area contributed by atoms with Gasteiger partial charge in [-0.05, 0) is 35.9 Å². The topological polar surface area (TPSA) is 93.2 Å². The minimum absolute atomic E-state index is 0. The minimum Gasteiger partial charge on any atom is -0.398 e. The lowest BCUT2D eigenvalue weighted by Gasteiger charge is -2.08. The van der Waals surface area contributed by atoms with Crippen molar-refractivity contribution in [3.8, 4) is 0 Å². The molecule has 0 unspecified atom stereocenters. The Kier molecular flexibility index (Phi) is 5.41. The molecule has 5 nitrogen and oxygen atoms in total. The molecule has 2 aromatic carbocycles. The van der Waals surface area contributed by atoms with E-state index in [0.717, 1.165) is 11.3 Å². The van der Waals surface area contributed by atoms with Crippen molar-refractivity contribution in [2.45, 2.75) is 0 Å². The number of rotatable bonds is 5. The molecule has 23 heavy (non-hydrogen) atoms. The van der Waals surface area contributed by atoms with Gasteiger partial charge in [0.2, 0.25) is 0 Å². The zero-order valence-corrected chi connectivity index (χ0v) is 12.9. The number of anilines is 1. The smallest absolute Gasteiger partial charge is 0.251 e. The van der Waals surface area contributed by atoms with Crippen LogP contribution in [0.3, 0.4) is 0 Å². The van der Waals surface area contributed by atoms with Gasteiger partial charge in [-0.1, -0.05) is 36.4 Å². The molecular weight excluding hydrogens is 288 g/mol. The maximum absolute atomic E-state index is 11.6. The van der Waals surface area contributed by atoms with Crippen LogP contribution in [-0.2, 0) is 0 Å². The third-order valence-electron chi connectivity index (χ3n) is 3.19. The van der Waals surface area contributed by atoms with E-state index in [4.69, 9.17) is 11.5 Å². The fourth-order valence-corrected chi connectivity index (χ4v) is 2.00. The third-order valence-corrected chi connectivity index (χ3v) is 3.19. The first-order chi connectivity index (χ1) is 11.1. The van der Waals surface area contributed by atoms with Gasteiger partial charge < -0.3 is 22.1 Å². The lowest BCUT2D eigenvalue weighted by molar-refractivity contribution is 0.0963. The van der Waals surface area contributed by atoms with E-state index < -0.39 is 0 Å². The van der Waals surface area contributed by atoms with Crippen molar-refractivity contribution in [3.05, 3.63) is 83.7 Å². The van der Waals surface area contributed by atoms with E-state index in [-0.39, 0.29) is 8.76 Å². The molecule has 0 saturated heterocycles. The summed E-state index contributed by atoms with van der Waals surface area (Å²) >= 11 is 0. The van der Waals surface area contributed by atoms with Gasteiger partial charge in [0.25, 0.3) is 5.91 Å². The van der Waals surface area contributed by atoms with Gasteiger partial charge in [-0.3, -0.25) is 4.79 Å². The van der Waals surface area contributed by atoms with Crippen molar-refractivity contribution in [1.29, 1.82) is 0 Å². The van der Waals surface area contributed by atoms with E-state index in [2.05, 4.69) is 10.6 Å². The molecule has 0 aliphatic heterocycles. The number of nitrogens with two attached hydrogens (primary N) is 2. The molecule has 0 aliphatic rings. The van der Waals surface area contributed by atoms with Gasteiger partial charge in [-0.2, -0.15) is 0 Å². The average Bonchev–Trinajstić information content (AvgIpc) is 2.60. The highest BCUT2D eigenvalue weighted by atomic mass is 16.1. The average molecular weight is 312 g/mol. The summed E-state index contributed by atoms with van der Waals surface area (Å²) in [5, 5.41) is 5.61. The predicted octanol–water partition coefficient (Wildman–Crippen LogP) is 2.75.